The lowest BCUT2D eigenvalue weighted by Gasteiger charge is -2.21. The minimum Gasteiger partial charge on any atom is -0.465 e. The average Bonchev–Trinajstić information content (AvgIpc) is 3.24. The second-order valence-electron chi connectivity index (χ2n) is 8.91. The number of methoxy groups -OCH3 is 1. The first-order valence-corrected chi connectivity index (χ1v) is 12.1. The van der Waals surface area contributed by atoms with Gasteiger partial charge in [-0.1, -0.05) is 32.9 Å². The Morgan fingerprint density at radius 2 is 1.76 bits per heavy atom. The number of esters is 1. The normalized spacial score (nSPS) is 12.0. The van der Waals surface area contributed by atoms with E-state index in [0.717, 1.165) is 9.87 Å². The summed E-state index contributed by atoms with van der Waals surface area (Å²) in [7, 11) is -2.73. The van der Waals surface area contributed by atoms with Crippen LogP contribution in [0.5, 0.6) is 0 Å². The maximum absolute atomic E-state index is 13.5. The van der Waals surface area contributed by atoms with Crippen molar-refractivity contribution in [3.8, 4) is 11.5 Å². The van der Waals surface area contributed by atoms with Gasteiger partial charge in [0.05, 0.1) is 17.6 Å². The second kappa shape index (κ2) is 9.02. The molecule has 33 heavy (non-hydrogen) atoms. The Kier molecular flexibility index (Phi) is 6.70. The molecule has 176 valence electrons. The molecule has 0 aliphatic carbocycles. The van der Waals surface area contributed by atoms with Crippen molar-refractivity contribution in [1.29, 1.82) is 0 Å². The molecule has 8 heteroatoms. The van der Waals surface area contributed by atoms with Gasteiger partial charge in [0.25, 0.3) is 10.0 Å². The van der Waals surface area contributed by atoms with Crippen molar-refractivity contribution in [3.63, 3.8) is 0 Å². The van der Waals surface area contributed by atoms with Gasteiger partial charge in [0, 0.05) is 12.1 Å². The first kappa shape index (κ1) is 24.5. The fourth-order valence-electron chi connectivity index (χ4n) is 3.50. The predicted octanol–water partition coefficient (Wildman–Crippen LogP) is 5.26. The van der Waals surface area contributed by atoms with Crippen LogP contribution in [0.3, 0.4) is 0 Å². The zero-order valence-electron chi connectivity index (χ0n) is 20.1. The van der Waals surface area contributed by atoms with Crippen LogP contribution < -0.4 is 4.31 Å². The van der Waals surface area contributed by atoms with Gasteiger partial charge in [0.2, 0.25) is 5.89 Å². The number of hydrogen-bond donors (Lipinski definition) is 0. The van der Waals surface area contributed by atoms with E-state index in [1.54, 1.807) is 26.8 Å². The number of aryl methyl sites for hydroxylation is 1. The van der Waals surface area contributed by atoms with Crippen molar-refractivity contribution in [2.24, 2.45) is 0 Å². The van der Waals surface area contributed by atoms with Crippen LogP contribution >= 0.6 is 0 Å². The quantitative estimate of drug-likeness (QED) is 0.457. The van der Waals surface area contributed by atoms with E-state index in [-0.39, 0.29) is 28.2 Å². The maximum atomic E-state index is 13.5. The number of anilines is 1. The number of oxazole rings is 1. The molecule has 0 N–H and O–H groups in total. The van der Waals surface area contributed by atoms with Crippen LogP contribution in [0.4, 0.5) is 5.82 Å². The number of benzene rings is 2. The average molecular weight is 471 g/mol. The van der Waals surface area contributed by atoms with E-state index in [2.05, 4.69) is 25.8 Å². The van der Waals surface area contributed by atoms with Gasteiger partial charge in [-0.2, -0.15) is 4.98 Å². The zero-order valence-corrected chi connectivity index (χ0v) is 20.9. The minimum absolute atomic E-state index is 0.00747. The summed E-state index contributed by atoms with van der Waals surface area (Å²) < 4.78 is 38.6. The van der Waals surface area contributed by atoms with Crippen molar-refractivity contribution in [2.45, 2.75) is 51.9 Å². The molecule has 0 unspecified atom stereocenters. The lowest BCUT2D eigenvalue weighted by Crippen LogP contribution is -2.31. The topological polar surface area (TPSA) is 89.7 Å². The summed E-state index contributed by atoms with van der Waals surface area (Å²) in [6.45, 7) is 11.8. The third-order valence-corrected chi connectivity index (χ3v) is 7.52. The highest BCUT2D eigenvalue weighted by Crippen LogP contribution is 2.30. The number of hydrogen-bond acceptors (Lipinski definition) is 6. The molecule has 1 heterocycles. The van der Waals surface area contributed by atoms with Gasteiger partial charge in [-0.25, -0.2) is 17.5 Å². The van der Waals surface area contributed by atoms with Crippen molar-refractivity contribution in [3.05, 3.63) is 64.9 Å². The molecule has 1 aromatic heterocycles. The number of aromatic nitrogens is 1. The van der Waals surface area contributed by atoms with E-state index in [0.29, 0.717) is 17.0 Å². The van der Waals surface area contributed by atoms with E-state index in [1.165, 1.54) is 25.0 Å². The molecular formula is C25H30N2O5S. The van der Waals surface area contributed by atoms with Crippen LogP contribution in [0.2, 0.25) is 0 Å². The monoisotopic (exact) mass is 470 g/mol. The van der Waals surface area contributed by atoms with Crippen molar-refractivity contribution < 1.29 is 22.4 Å². The molecule has 0 spiro atoms. The molecule has 0 bridgehead atoms. The highest BCUT2D eigenvalue weighted by Gasteiger charge is 2.28. The van der Waals surface area contributed by atoms with Gasteiger partial charge >= 0.3 is 5.97 Å². The molecule has 3 rings (SSSR count). The summed E-state index contributed by atoms with van der Waals surface area (Å²) in [4.78, 5) is 16.6. The van der Waals surface area contributed by atoms with Gasteiger partial charge in [0.15, 0.2) is 5.82 Å². The summed E-state index contributed by atoms with van der Waals surface area (Å²) in [5.41, 5.74) is 3.50. The highest BCUT2D eigenvalue weighted by molar-refractivity contribution is 7.92. The number of carbonyl (C=O) groups excluding carboxylic acids is 1. The van der Waals surface area contributed by atoms with Crippen LogP contribution in [0, 0.1) is 13.8 Å². The Hall–Kier alpha value is -3.13. The van der Waals surface area contributed by atoms with Crippen molar-refractivity contribution in [1.82, 2.24) is 4.98 Å². The van der Waals surface area contributed by atoms with E-state index >= 15 is 0 Å². The van der Waals surface area contributed by atoms with E-state index in [4.69, 9.17) is 9.15 Å². The number of carbonyl (C=O) groups is 1. The van der Waals surface area contributed by atoms with Gasteiger partial charge in [-0.15, -0.1) is 0 Å². The first-order valence-electron chi connectivity index (χ1n) is 10.7. The molecule has 0 saturated heterocycles. The van der Waals surface area contributed by atoms with Crippen molar-refractivity contribution >= 4 is 21.8 Å². The predicted molar refractivity (Wildman–Crippen MR) is 128 cm³/mol. The third-order valence-electron chi connectivity index (χ3n) is 5.67. The highest BCUT2D eigenvalue weighted by atomic mass is 32.2. The smallest absolute Gasteiger partial charge is 0.338 e. The molecular weight excluding hydrogens is 440 g/mol. The number of ether oxygens (including phenoxy) is 1. The lowest BCUT2D eigenvalue weighted by molar-refractivity contribution is 0.0599. The van der Waals surface area contributed by atoms with Gasteiger partial charge in [0.1, 0.15) is 6.26 Å². The first-order chi connectivity index (χ1) is 15.4. The van der Waals surface area contributed by atoms with E-state index in [1.807, 2.05) is 24.3 Å². The lowest BCUT2D eigenvalue weighted by atomic mass is 9.87. The Bertz CT molecular complexity index is 1270. The summed E-state index contributed by atoms with van der Waals surface area (Å²) in [6.07, 6.45) is 1.33. The summed E-state index contributed by atoms with van der Waals surface area (Å²) >= 11 is 0. The molecule has 0 saturated carbocycles. The van der Waals surface area contributed by atoms with Crippen LogP contribution in [-0.4, -0.2) is 33.0 Å². The number of rotatable bonds is 6. The molecule has 3 aromatic rings. The van der Waals surface area contributed by atoms with Crippen molar-refractivity contribution in [2.75, 3.05) is 18.0 Å². The van der Waals surface area contributed by atoms with Gasteiger partial charge < -0.3 is 9.15 Å². The Morgan fingerprint density at radius 1 is 1.12 bits per heavy atom. The second-order valence-corrected chi connectivity index (χ2v) is 10.8. The molecule has 0 atom stereocenters. The minimum atomic E-state index is -4.00. The van der Waals surface area contributed by atoms with E-state index in [9.17, 15) is 13.2 Å². The molecule has 2 aromatic carbocycles. The Labute approximate surface area is 195 Å². The summed E-state index contributed by atoms with van der Waals surface area (Å²) in [6, 6.07) is 10.7. The summed E-state index contributed by atoms with van der Waals surface area (Å²) in [5, 5.41) is 0. The Balaban J connectivity index is 1.99. The molecule has 0 amide bonds. The van der Waals surface area contributed by atoms with Gasteiger partial charge in [-0.3, -0.25) is 0 Å². The summed E-state index contributed by atoms with van der Waals surface area (Å²) in [5.74, 6) is -0.0854. The standard InChI is InChI=1S/C25H30N2O5S/c1-8-27(33(29,30)20-13-16(2)17(3)21(14-20)24(28)31-7)22-15-32-23(26-22)18-9-11-19(12-10-18)25(4,5)6/h9-15H,8H2,1-7H3. The van der Waals surface area contributed by atoms with Crippen LogP contribution in [0.25, 0.3) is 11.5 Å². The Morgan fingerprint density at radius 3 is 2.30 bits per heavy atom. The van der Waals surface area contributed by atoms with Gasteiger partial charge in [-0.05, 0) is 67.1 Å². The largest absolute Gasteiger partial charge is 0.465 e. The van der Waals surface area contributed by atoms with Crippen LogP contribution in [0.15, 0.2) is 52.0 Å². The zero-order chi connectivity index (χ0) is 24.6. The SMILES string of the molecule is CCN(c1coc(-c2ccc(C(C)(C)C)cc2)n1)S(=O)(=O)c1cc(C)c(C)c(C(=O)OC)c1. The molecule has 0 fully saturated rings. The number of sulfonamides is 1. The molecule has 0 radical (unpaired) electrons. The molecule has 0 aliphatic rings. The van der Waals surface area contributed by atoms with Crippen LogP contribution in [0.1, 0.15) is 54.7 Å². The number of nitrogens with zero attached hydrogens (tertiary/aromatic N) is 2. The maximum Gasteiger partial charge on any atom is 0.338 e. The van der Waals surface area contributed by atoms with Crippen LogP contribution in [-0.2, 0) is 20.2 Å². The molecule has 7 nitrogen and oxygen atoms in total. The fraction of sp³-hybridized carbons (Fsp3) is 0.360. The molecule has 0 aliphatic heterocycles. The van der Waals surface area contributed by atoms with E-state index < -0.39 is 16.0 Å². The third kappa shape index (κ3) is 4.80. The fourth-order valence-corrected chi connectivity index (χ4v) is 5.02.